The van der Waals surface area contributed by atoms with Crippen molar-refractivity contribution in [2.24, 2.45) is 0 Å². The van der Waals surface area contributed by atoms with E-state index in [0.29, 0.717) is 5.69 Å². The first-order valence-electron chi connectivity index (χ1n) is 3.30. The summed E-state index contributed by atoms with van der Waals surface area (Å²) in [6.45, 7) is -0.0344. The van der Waals surface area contributed by atoms with Gasteiger partial charge in [0.05, 0.1) is 0 Å². The van der Waals surface area contributed by atoms with Gasteiger partial charge in [-0.3, -0.25) is 0 Å². The van der Waals surface area contributed by atoms with Crippen molar-refractivity contribution >= 4 is 5.69 Å². The lowest BCUT2D eigenvalue weighted by molar-refractivity contribution is -0.763. The average Bonchev–Trinajstić information content (AvgIpc) is 2.03. The fourth-order valence-electron chi connectivity index (χ4n) is 0.741. The third kappa shape index (κ3) is 2.45. The van der Waals surface area contributed by atoms with Gasteiger partial charge >= 0.3 is 0 Å². The maximum absolute atomic E-state index is 9.80. The summed E-state index contributed by atoms with van der Waals surface area (Å²) >= 11 is 0. The molecule has 1 aromatic rings. The summed E-state index contributed by atoms with van der Waals surface area (Å²) in [5.74, 6) is 0. The zero-order valence-electron chi connectivity index (χ0n) is 6.27. The lowest BCUT2D eigenvalue weighted by Crippen LogP contribution is -2.00. The predicted octanol–water partition coefficient (Wildman–Crippen LogP) is 0.977. The number of hydrogen-bond donors (Lipinski definition) is 1. The monoisotopic (exact) mass is 168 g/mol. The summed E-state index contributed by atoms with van der Waals surface area (Å²) in [6, 6.07) is 6.69. The summed E-state index contributed by atoms with van der Waals surface area (Å²) < 4.78 is 0. The van der Waals surface area contributed by atoms with Crippen molar-refractivity contribution in [3.63, 3.8) is 0 Å². The quantitative estimate of drug-likeness (QED) is 0.414. The Morgan fingerprint density at radius 3 is 2.50 bits per heavy atom. The highest BCUT2D eigenvalue weighted by molar-refractivity contribution is 5.38. The molecule has 0 atom stereocenters. The van der Waals surface area contributed by atoms with E-state index in [2.05, 4.69) is 4.84 Å². The second-order valence-electron chi connectivity index (χ2n) is 2.24. The molecule has 0 aliphatic heterocycles. The third-order valence-electron chi connectivity index (χ3n) is 1.32. The van der Waals surface area contributed by atoms with E-state index < -0.39 is 5.09 Å². The van der Waals surface area contributed by atoms with Crippen LogP contribution in [0.5, 0.6) is 0 Å². The Kier molecular flexibility index (Phi) is 2.47. The van der Waals surface area contributed by atoms with Gasteiger partial charge in [-0.2, -0.15) is 0 Å². The predicted molar refractivity (Wildman–Crippen MR) is 42.6 cm³/mol. The van der Waals surface area contributed by atoms with Crippen molar-refractivity contribution in [1.82, 2.24) is 0 Å². The Bertz CT molecular complexity index is 270. The average molecular weight is 168 g/mol. The minimum Gasteiger partial charge on any atom is -0.399 e. The first-order chi connectivity index (χ1) is 5.68. The molecule has 0 fully saturated rings. The molecule has 0 aliphatic carbocycles. The molecule has 1 aromatic carbocycles. The molecule has 0 saturated heterocycles. The van der Waals surface area contributed by atoms with Gasteiger partial charge in [0.1, 0.15) is 6.61 Å². The van der Waals surface area contributed by atoms with Crippen molar-refractivity contribution in [1.29, 1.82) is 0 Å². The molecule has 0 spiro atoms. The molecule has 5 nitrogen and oxygen atoms in total. The second-order valence-corrected chi connectivity index (χ2v) is 2.24. The highest BCUT2D eigenvalue weighted by atomic mass is 16.9. The summed E-state index contributed by atoms with van der Waals surface area (Å²) in [5.41, 5.74) is 6.76. The van der Waals surface area contributed by atoms with Crippen molar-refractivity contribution in [3.05, 3.63) is 39.9 Å². The minimum atomic E-state index is -0.823. The van der Waals surface area contributed by atoms with Crippen molar-refractivity contribution in [3.8, 4) is 0 Å². The van der Waals surface area contributed by atoms with Crippen LogP contribution < -0.4 is 5.73 Å². The van der Waals surface area contributed by atoms with E-state index in [1.807, 2.05) is 0 Å². The van der Waals surface area contributed by atoms with E-state index in [4.69, 9.17) is 5.73 Å². The Morgan fingerprint density at radius 2 is 2.00 bits per heavy atom. The zero-order valence-corrected chi connectivity index (χ0v) is 6.27. The van der Waals surface area contributed by atoms with E-state index in [9.17, 15) is 10.1 Å². The topological polar surface area (TPSA) is 78.4 Å². The molecule has 0 radical (unpaired) electrons. The van der Waals surface area contributed by atoms with Gasteiger partial charge in [-0.25, -0.2) is 0 Å². The highest BCUT2D eigenvalue weighted by Crippen LogP contribution is 2.06. The Balaban J connectivity index is 2.53. The van der Waals surface area contributed by atoms with Crippen LogP contribution in [-0.2, 0) is 11.4 Å². The van der Waals surface area contributed by atoms with Crippen LogP contribution in [0.3, 0.4) is 0 Å². The van der Waals surface area contributed by atoms with Crippen LogP contribution in [0.4, 0.5) is 5.69 Å². The molecule has 0 amide bonds. The molecule has 0 aliphatic rings. The Hall–Kier alpha value is -1.78. The van der Waals surface area contributed by atoms with Crippen LogP contribution in [0.25, 0.3) is 0 Å². The summed E-state index contributed by atoms with van der Waals surface area (Å²) in [6.07, 6.45) is 0. The molecular weight excluding hydrogens is 160 g/mol. The minimum absolute atomic E-state index is 0.0344. The highest BCUT2D eigenvalue weighted by Gasteiger charge is 1.96. The number of hydrogen-bond acceptors (Lipinski definition) is 4. The normalized spacial score (nSPS) is 9.33. The van der Waals surface area contributed by atoms with Gasteiger partial charge in [0.15, 0.2) is 0 Å². The molecule has 0 saturated carbocycles. The van der Waals surface area contributed by atoms with Crippen LogP contribution in [0, 0.1) is 10.1 Å². The van der Waals surface area contributed by atoms with Gasteiger partial charge < -0.3 is 10.6 Å². The lowest BCUT2D eigenvalue weighted by atomic mass is 10.2. The van der Waals surface area contributed by atoms with Crippen molar-refractivity contribution in [2.75, 3.05) is 5.73 Å². The summed E-state index contributed by atoms with van der Waals surface area (Å²) in [7, 11) is 0. The standard InChI is InChI=1S/C7H8N2O3/c8-7-3-1-6(2-4-7)5-12-9(10)11/h1-4H,5,8H2. The smallest absolute Gasteiger partial charge is 0.294 e. The number of benzene rings is 1. The van der Waals surface area contributed by atoms with E-state index >= 15 is 0 Å². The fourth-order valence-corrected chi connectivity index (χ4v) is 0.741. The van der Waals surface area contributed by atoms with Crippen LogP contribution in [0.1, 0.15) is 5.56 Å². The molecular formula is C7H8N2O3. The summed E-state index contributed by atoms with van der Waals surface area (Å²) in [5, 5.41) is 8.98. The molecule has 64 valence electrons. The van der Waals surface area contributed by atoms with Gasteiger partial charge in [0.25, 0.3) is 5.09 Å². The fraction of sp³-hybridized carbons (Fsp3) is 0.143. The van der Waals surface area contributed by atoms with Crippen LogP contribution in [0.15, 0.2) is 24.3 Å². The lowest BCUT2D eigenvalue weighted by Gasteiger charge is -1.98. The van der Waals surface area contributed by atoms with Gasteiger partial charge in [-0.1, -0.05) is 12.1 Å². The largest absolute Gasteiger partial charge is 0.399 e. The number of nitrogen functional groups attached to an aromatic ring is 1. The third-order valence-corrected chi connectivity index (χ3v) is 1.32. The van der Waals surface area contributed by atoms with Gasteiger partial charge in [0.2, 0.25) is 0 Å². The molecule has 2 N–H and O–H groups in total. The maximum Gasteiger partial charge on any atom is 0.294 e. The summed E-state index contributed by atoms with van der Waals surface area (Å²) in [4.78, 5) is 13.9. The maximum atomic E-state index is 9.80. The molecule has 1 rings (SSSR count). The van der Waals surface area contributed by atoms with Crippen LogP contribution in [-0.4, -0.2) is 5.09 Å². The second kappa shape index (κ2) is 3.56. The van der Waals surface area contributed by atoms with E-state index in [-0.39, 0.29) is 6.61 Å². The van der Waals surface area contributed by atoms with Crippen LogP contribution >= 0.6 is 0 Å². The van der Waals surface area contributed by atoms with Crippen molar-refractivity contribution < 1.29 is 9.92 Å². The number of nitrogens with zero attached hydrogens (tertiary/aromatic N) is 1. The molecule has 0 bridgehead atoms. The van der Waals surface area contributed by atoms with E-state index in [1.54, 1.807) is 24.3 Å². The number of anilines is 1. The van der Waals surface area contributed by atoms with Crippen molar-refractivity contribution in [2.45, 2.75) is 6.61 Å². The van der Waals surface area contributed by atoms with E-state index in [1.165, 1.54) is 0 Å². The number of rotatable bonds is 3. The molecule has 12 heavy (non-hydrogen) atoms. The van der Waals surface area contributed by atoms with Gasteiger partial charge in [-0.15, -0.1) is 10.1 Å². The molecule has 5 heteroatoms. The molecule has 0 aromatic heterocycles. The Labute approximate surface area is 68.9 Å². The first kappa shape index (κ1) is 8.32. The van der Waals surface area contributed by atoms with Gasteiger partial charge in [-0.05, 0) is 17.7 Å². The van der Waals surface area contributed by atoms with Gasteiger partial charge in [0, 0.05) is 5.69 Å². The first-order valence-corrected chi connectivity index (χ1v) is 3.30. The SMILES string of the molecule is Nc1ccc(CO[N+](=O)[O-])cc1. The number of nitrogens with two attached hydrogens (primary N) is 1. The van der Waals surface area contributed by atoms with Crippen LogP contribution in [0.2, 0.25) is 0 Å². The zero-order chi connectivity index (χ0) is 8.97. The molecule has 0 unspecified atom stereocenters. The molecule has 0 heterocycles. The van der Waals surface area contributed by atoms with E-state index in [0.717, 1.165) is 5.56 Å². The Morgan fingerprint density at radius 1 is 1.42 bits per heavy atom.